The predicted molar refractivity (Wildman–Crippen MR) is 121 cm³/mol. The van der Waals surface area contributed by atoms with Crippen LogP contribution < -0.4 is 15.4 Å². The molecule has 0 unspecified atom stereocenters. The second-order valence-corrected chi connectivity index (χ2v) is 6.01. The maximum absolute atomic E-state index is 14.0. The van der Waals surface area contributed by atoms with Crippen LogP contribution >= 0.6 is 24.0 Å². The number of nitrogens with one attached hydrogen (secondary N) is 2. The highest BCUT2D eigenvalue weighted by Crippen LogP contribution is 2.21. The van der Waals surface area contributed by atoms with Gasteiger partial charge in [-0.25, -0.2) is 9.38 Å². The van der Waals surface area contributed by atoms with E-state index in [0.29, 0.717) is 36.8 Å². The molecule has 0 amide bonds. The van der Waals surface area contributed by atoms with Crippen LogP contribution in [0.1, 0.15) is 36.1 Å². The van der Waals surface area contributed by atoms with Crippen molar-refractivity contribution in [2.75, 3.05) is 13.2 Å². The van der Waals surface area contributed by atoms with E-state index in [1.807, 2.05) is 45.0 Å². The van der Waals surface area contributed by atoms with Gasteiger partial charge >= 0.3 is 0 Å². The third-order valence-electron chi connectivity index (χ3n) is 3.90. The van der Waals surface area contributed by atoms with Crippen molar-refractivity contribution >= 4 is 29.9 Å². The molecule has 0 aliphatic heterocycles. The summed E-state index contributed by atoms with van der Waals surface area (Å²) in [6, 6.07) is 12.4. The molecule has 2 aromatic rings. The third-order valence-corrected chi connectivity index (χ3v) is 3.90. The van der Waals surface area contributed by atoms with E-state index in [-0.39, 0.29) is 30.5 Å². The van der Waals surface area contributed by atoms with E-state index < -0.39 is 5.82 Å². The molecule has 0 spiro atoms. The van der Waals surface area contributed by atoms with Crippen LogP contribution in [-0.2, 0) is 13.1 Å². The van der Waals surface area contributed by atoms with Gasteiger partial charge in [-0.15, -0.1) is 24.0 Å². The molecule has 150 valence electrons. The number of nitrogens with zero attached hydrogens (tertiary/aromatic N) is 2. The minimum Gasteiger partial charge on any atom is -0.494 e. The molecular weight excluding hydrogens is 470 g/mol. The predicted octanol–water partition coefficient (Wildman–Crippen LogP) is 4.28. The molecule has 0 radical (unpaired) electrons. The zero-order valence-electron chi connectivity index (χ0n) is 16.4. The molecule has 7 heteroatoms. The Bertz CT molecular complexity index is 849. The average molecular weight is 496 g/mol. The first kappa shape index (κ1) is 23.7. The number of aliphatic imine (C=N–C) groups is 1. The molecule has 0 saturated carbocycles. The summed E-state index contributed by atoms with van der Waals surface area (Å²) < 4.78 is 19.7. The summed E-state index contributed by atoms with van der Waals surface area (Å²) in [6.45, 7) is 7.94. The Hall–Kier alpha value is -2.34. The highest BCUT2D eigenvalue weighted by atomic mass is 127. The second kappa shape index (κ2) is 12.2. The van der Waals surface area contributed by atoms with Gasteiger partial charge < -0.3 is 15.4 Å². The van der Waals surface area contributed by atoms with Crippen molar-refractivity contribution in [2.24, 2.45) is 4.99 Å². The Morgan fingerprint density at radius 1 is 1.14 bits per heavy atom. The third kappa shape index (κ3) is 7.00. The Morgan fingerprint density at radius 2 is 1.89 bits per heavy atom. The van der Waals surface area contributed by atoms with Crippen LogP contribution in [0, 0.1) is 24.1 Å². The van der Waals surface area contributed by atoms with E-state index in [1.54, 1.807) is 12.1 Å². The van der Waals surface area contributed by atoms with Crippen molar-refractivity contribution in [3.8, 4) is 11.8 Å². The zero-order chi connectivity index (χ0) is 19.6. The number of halogens is 2. The molecule has 0 heterocycles. The van der Waals surface area contributed by atoms with Crippen molar-refractivity contribution in [3.63, 3.8) is 0 Å². The number of nitriles is 1. The lowest BCUT2D eigenvalue weighted by atomic mass is 10.1. The van der Waals surface area contributed by atoms with Crippen molar-refractivity contribution in [3.05, 3.63) is 64.5 Å². The Labute approximate surface area is 183 Å². The van der Waals surface area contributed by atoms with E-state index in [1.165, 1.54) is 6.07 Å². The summed E-state index contributed by atoms with van der Waals surface area (Å²) in [6.07, 6.45) is 0. The zero-order valence-corrected chi connectivity index (χ0v) is 18.7. The fourth-order valence-electron chi connectivity index (χ4n) is 2.53. The molecule has 0 aliphatic carbocycles. The van der Waals surface area contributed by atoms with Gasteiger partial charge in [0.2, 0.25) is 0 Å². The average Bonchev–Trinajstić information content (AvgIpc) is 2.66. The van der Waals surface area contributed by atoms with Gasteiger partial charge in [-0.3, -0.25) is 0 Å². The molecule has 0 fully saturated rings. The maximum Gasteiger partial charge on any atom is 0.191 e. The SMILES string of the molecule is CCNC(=NCc1ccc(C)cc1OCC)NCc1ccc(C#N)cc1F.I. The molecule has 2 N–H and O–H groups in total. The monoisotopic (exact) mass is 496 g/mol. The van der Waals surface area contributed by atoms with Gasteiger partial charge in [0.05, 0.1) is 24.8 Å². The lowest BCUT2D eigenvalue weighted by Gasteiger charge is -2.13. The summed E-state index contributed by atoms with van der Waals surface area (Å²) in [5.41, 5.74) is 2.90. The van der Waals surface area contributed by atoms with Crippen LogP contribution in [0.2, 0.25) is 0 Å². The molecule has 0 aliphatic rings. The Morgan fingerprint density at radius 3 is 2.54 bits per heavy atom. The van der Waals surface area contributed by atoms with Crippen molar-refractivity contribution in [1.29, 1.82) is 5.26 Å². The number of benzene rings is 2. The van der Waals surface area contributed by atoms with Crippen LogP contribution in [-0.4, -0.2) is 19.1 Å². The van der Waals surface area contributed by atoms with Gasteiger partial charge in [0, 0.05) is 24.2 Å². The smallest absolute Gasteiger partial charge is 0.191 e. The summed E-state index contributed by atoms with van der Waals surface area (Å²) in [5, 5.41) is 15.1. The Balaban J connectivity index is 0.00000392. The lowest BCUT2D eigenvalue weighted by Crippen LogP contribution is -2.37. The number of rotatable bonds is 7. The summed E-state index contributed by atoms with van der Waals surface area (Å²) in [5.74, 6) is 1.01. The van der Waals surface area contributed by atoms with E-state index >= 15 is 0 Å². The fourth-order valence-corrected chi connectivity index (χ4v) is 2.53. The quantitative estimate of drug-likeness (QED) is 0.341. The van der Waals surface area contributed by atoms with Crippen LogP contribution in [0.4, 0.5) is 4.39 Å². The minimum absolute atomic E-state index is 0. The van der Waals surface area contributed by atoms with Gasteiger partial charge in [-0.1, -0.05) is 18.2 Å². The number of aryl methyl sites for hydroxylation is 1. The molecule has 0 bridgehead atoms. The van der Waals surface area contributed by atoms with Gasteiger partial charge in [0.25, 0.3) is 0 Å². The van der Waals surface area contributed by atoms with Crippen molar-refractivity contribution in [2.45, 2.75) is 33.9 Å². The topological polar surface area (TPSA) is 69.4 Å². The van der Waals surface area contributed by atoms with Crippen molar-refractivity contribution in [1.82, 2.24) is 10.6 Å². The number of guanidine groups is 1. The first-order chi connectivity index (χ1) is 13.1. The standard InChI is InChI=1S/C21H25FN4O.HI/c1-4-24-21(25-13-17-9-7-16(12-23)11-19(17)22)26-14-18-8-6-15(3)10-20(18)27-5-2;/h6-11H,4-5,13-14H2,1-3H3,(H2,24,25,26);1H. The number of ether oxygens (including phenoxy) is 1. The van der Waals surface area contributed by atoms with Crippen LogP contribution in [0.25, 0.3) is 0 Å². The van der Waals surface area contributed by atoms with Crippen LogP contribution in [0.5, 0.6) is 5.75 Å². The molecule has 0 saturated heterocycles. The molecule has 5 nitrogen and oxygen atoms in total. The Kier molecular flexibility index (Phi) is 10.3. The van der Waals surface area contributed by atoms with E-state index in [2.05, 4.69) is 15.6 Å². The van der Waals surface area contributed by atoms with Gasteiger partial charge in [-0.05, 0) is 44.5 Å². The van der Waals surface area contributed by atoms with E-state index in [0.717, 1.165) is 16.9 Å². The summed E-state index contributed by atoms with van der Waals surface area (Å²) >= 11 is 0. The first-order valence-corrected chi connectivity index (χ1v) is 9.00. The minimum atomic E-state index is -0.408. The fraction of sp³-hybridized carbons (Fsp3) is 0.333. The van der Waals surface area contributed by atoms with Crippen LogP contribution in [0.15, 0.2) is 41.4 Å². The summed E-state index contributed by atoms with van der Waals surface area (Å²) in [7, 11) is 0. The van der Waals surface area contributed by atoms with Crippen molar-refractivity contribution < 1.29 is 9.13 Å². The molecule has 28 heavy (non-hydrogen) atoms. The van der Waals surface area contributed by atoms with Crippen LogP contribution in [0.3, 0.4) is 0 Å². The van der Waals surface area contributed by atoms with Gasteiger partial charge in [0.1, 0.15) is 11.6 Å². The maximum atomic E-state index is 14.0. The molecule has 0 aromatic heterocycles. The van der Waals surface area contributed by atoms with E-state index in [4.69, 9.17) is 10.00 Å². The lowest BCUT2D eigenvalue weighted by molar-refractivity contribution is 0.336. The normalized spacial score (nSPS) is 10.6. The number of hydrogen-bond acceptors (Lipinski definition) is 3. The molecular formula is C21H26FIN4O. The number of hydrogen-bond donors (Lipinski definition) is 2. The van der Waals surface area contributed by atoms with Gasteiger partial charge in [-0.2, -0.15) is 5.26 Å². The summed E-state index contributed by atoms with van der Waals surface area (Å²) in [4.78, 5) is 4.57. The van der Waals surface area contributed by atoms with Gasteiger partial charge in [0.15, 0.2) is 5.96 Å². The first-order valence-electron chi connectivity index (χ1n) is 9.00. The molecule has 0 atom stereocenters. The highest BCUT2D eigenvalue weighted by molar-refractivity contribution is 14.0. The molecule has 2 aromatic carbocycles. The highest BCUT2D eigenvalue weighted by Gasteiger charge is 2.07. The van der Waals surface area contributed by atoms with E-state index in [9.17, 15) is 4.39 Å². The largest absolute Gasteiger partial charge is 0.494 e. The second-order valence-electron chi connectivity index (χ2n) is 6.01. The molecule has 2 rings (SSSR count).